The van der Waals surface area contributed by atoms with E-state index in [1.54, 1.807) is 12.1 Å². The van der Waals surface area contributed by atoms with Crippen molar-refractivity contribution in [2.24, 2.45) is 5.92 Å². The van der Waals surface area contributed by atoms with E-state index in [1.807, 2.05) is 0 Å². The van der Waals surface area contributed by atoms with E-state index in [-0.39, 0.29) is 11.9 Å². The molecule has 0 spiro atoms. The van der Waals surface area contributed by atoms with Crippen LogP contribution in [-0.2, 0) is 6.54 Å². The molecule has 1 fully saturated rings. The Hall–Kier alpha value is -1.20. The average Bonchev–Trinajstić information content (AvgIpc) is 2.28. The molecule has 1 aliphatic rings. The summed E-state index contributed by atoms with van der Waals surface area (Å²) in [5, 5.41) is 12.4. The molecule has 1 aromatic rings. The summed E-state index contributed by atoms with van der Waals surface area (Å²) in [7, 11) is 0. The maximum atomic E-state index is 11.9. The van der Waals surface area contributed by atoms with Gasteiger partial charge in [-0.1, -0.05) is 12.1 Å². The fraction of sp³-hybridized carbons (Fsp3) is 0.538. The highest BCUT2D eigenvalue weighted by Gasteiger charge is 2.26. The summed E-state index contributed by atoms with van der Waals surface area (Å²) in [6.45, 7) is -1.20. The first-order valence-electron chi connectivity index (χ1n) is 6.06. The van der Waals surface area contributed by atoms with Crippen molar-refractivity contribution in [1.82, 2.24) is 5.32 Å². The first kappa shape index (κ1) is 13.2. The zero-order valence-electron chi connectivity index (χ0n) is 9.98. The van der Waals surface area contributed by atoms with Gasteiger partial charge in [0.25, 0.3) is 0 Å². The van der Waals surface area contributed by atoms with Gasteiger partial charge in [0.1, 0.15) is 5.75 Å². The molecule has 0 aromatic heterocycles. The second-order valence-corrected chi connectivity index (χ2v) is 4.64. The van der Waals surface area contributed by atoms with Crippen molar-refractivity contribution < 1.29 is 18.6 Å². The van der Waals surface area contributed by atoms with E-state index < -0.39 is 6.61 Å². The predicted molar refractivity (Wildman–Crippen MR) is 63.5 cm³/mol. The van der Waals surface area contributed by atoms with Gasteiger partial charge in [-0.05, 0) is 43.0 Å². The van der Waals surface area contributed by atoms with Gasteiger partial charge in [-0.15, -0.1) is 0 Å². The lowest BCUT2D eigenvalue weighted by Crippen LogP contribution is -2.35. The summed E-state index contributed by atoms with van der Waals surface area (Å²) in [6.07, 6.45) is 1.62. The van der Waals surface area contributed by atoms with E-state index in [9.17, 15) is 8.78 Å². The van der Waals surface area contributed by atoms with Gasteiger partial charge < -0.3 is 15.2 Å². The topological polar surface area (TPSA) is 41.5 Å². The Morgan fingerprint density at radius 2 is 1.94 bits per heavy atom. The van der Waals surface area contributed by atoms with Crippen LogP contribution in [-0.4, -0.2) is 24.4 Å². The van der Waals surface area contributed by atoms with Crippen molar-refractivity contribution in [3.8, 4) is 5.75 Å². The normalized spacial score (nSPS) is 22.9. The Bertz CT molecular complexity index is 364. The number of benzene rings is 1. The summed E-state index contributed by atoms with van der Waals surface area (Å²) in [5.74, 6) is 0.734. The molecule has 18 heavy (non-hydrogen) atoms. The highest BCUT2D eigenvalue weighted by molar-refractivity contribution is 5.27. The van der Waals surface area contributed by atoms with Crippen LogP contribution in [0.3, 0.4) is 0 Å². The van der Waals surface area contributed by atoms with Crippen LogP contribution in [0.15, 0.2) is 24.3 Å². The maximum Gasteiger partial charge on any atom is 0.387 e. The number of hydrogen-bond acceptors (Lipinski definition) is 3. The number of aliphatic hydroxyl groups is 1. The van der Waals surface area contributed by atoms with Crippen molar-refractivity contribution in [3.63, 3.8) is 0 Å². The number of halogens is 2. The molecule has 0 unspecified atom stereocenters. The number of hydrogen-bond donors (Lipinski definition) is 2. The Morgan fingerprint density at radius 3 is 2.50 bits per heavy atom. The lowest BCUT2D eigenvalue weighted by atomic mass is 9.82. The minimum atomic E-state index is -2.78. The average molecular weight is 257 g/mol. The Labute approximate surface area is 105 Å². The standard InChI is InChI=1S/C13H17F2NO2/c14-13(15)18-12-3-1-9(2-4-12)7-16-8-10-5-11(17)6-10/h1-4,10-11,13,16-17H,5-8H2. The van der Waals surface area contributed by atoms with Crippen LogP contribution in [0.5, 0.6) is 5.75 Å². The molecule has 3 nitrogen and oxygen atoms in total. The first-order valence-corrected chi connectivity index (χ1v) is 6.06. The fourth-order valence-electron chi connectivity index (χ4n) is 2.08. The van der Waals surface area contributed by atoms with Gasteiger partial charge in [0.05, 0.1) is 6.10 Å². The third-order valence-electron chi connectivity index (χ3n) is 3.12. The molecule has 5 heteroatoms. The second kappa shape index (κ2) is 6.11. The zero-order chi connectivity index (χ0) is 13.0. The smallest absolute Gasteiger partial charge is 0.387 e. The molecule has 0 atom stereocenters. The highest BCUT2D eigenvalue weighted by atomic mass is 19.3. The highest BCUT2D eigenvalue weighted by Crippen LogP contribution is 2.26. The summed E-state index contributed by atoms with van der Waals surface area (Å²) < 4.78 is 28.1. The molecule has 0 aliphatic heterocycles. The summed E-state index contributed by atoms with van der Waals surface area (Å²) in [5.41, 5.74) is 1.02. The molecule has 1 aliphatic carbocycles. The third-order valence-corrected chi connectivity index (χ3v) is 3.12. The molecule has 100 valence electrons. The van der Waals surface area contributed by atoms with Crippen LogP contribution in [0.4, 0.5) is 8.78 Å². The van der Waals surface area contributed by atoms with Crippen LogP contribution in [0.1, 0.15) is 18.4 Å². The maximum absolute atomic E-state index is 11.9. The molecular formula is C13H17F2NO2. The molecule has 0 radical (unpaired) electrons. The van der Waals surface area contributed by atoms with Crippen molar-refractivity contribution in [3.05, 3.63) is 29.8 Å². The molecule has 2 rings (SSSR count). The number of alkyl halides is 2. The largest absolute Gasteiger partial charge is 0.435 e. The Balaban J connectivity index is 1.69. The lowest BCUT2D eigenvalue weighted by Gasteiger charge is -2.31. The van der Waals surface area contributed by atoms with E-state index >= 15 is 0 Å². The molecule has 0 heterocycles. The van der Waals surface area contributed by atoms with E-state index in [0.717, 1.165) is 24.9 Å². The monoisotopic (exact) mass is 257 g/mol. The molecule has 1 aromatic carbocycles. The Kier molecular flexibility index (Phi) is 4.49. The Morgan fingerprint density at radius 1 is 1.28 bits per heavy atom. The second-order valence-electron chi connectivity index (χ2n) is 4.64. The van der Waals surface area contributed by atoms with Crippen molar-refractivity contribution in [2.45, 2.75) is 32.1 Å². The van der Waals surface area contributed by atoms with E-state index in [0.29, 0.717) is 12.5 Å². The predicted octanol–water partition coefficient (Wildman–Crippen LogP) is 2.15. The minimum absolute atomic E-state index is 0.123. The lowest BCUT2D eigenvalue weighted by molar-refractivity contribution is -0.0498. The van der Waals surface area contributed by atoms with E-state index in [2.05, 4.69) is 10.1 Å². The molecule has 2 N–H and O–H groups in total. The van der Waals surface area contributed by atoms with Crippen molar-refractivity contribution in [1.29, 1.82) is 0 Å². The molecule has 0 bridgehead atoms. The van der Waals surface area contributed by atoms with Crippen LogP contribution >= 0.6 is 0 Å². The molecule has 0 amide bonds. The first-order chi connectivity index (χ1) is 8.63. The summed E-state index contributed by atoms with van der Waals surface area (Å²) in [6, 6.07) is 6.60. The SMILES string of the molecule is OC1CC(CNCc2ccc(OC(F)F)cc2)C1. The van der Waals surface area contributed by atoms with Crippen LogP contribution < -0.4 is 10.1 Å². The molecule has 0 saturated heterocycles. The van der Waals surface area contributed by atoms with Gasteiger partial charge in [0.15, 0.2) is 0 Å². The number of ether oxygens (including phenoxy) is 1. The summed E-state index contributed by atoms with van der Waals surface area (Å²) >= 11 is 0. The van der Waals surface area contributed by atoms with E-state index in [4.69, 9.17) is 5.11 Å². The third kappa shape index (κ3) is 3.92. The van der Waals surface area contributed by atoms with Gasteiger partial charge in [-0.2, -0.15) is 8.78 Å². The van der Waals surface area contributed by atoms with Crippen LogP contribution in [0.25, 0.3) is 0 Å². The zero-order valence-corrected chi connectivity index (χ0v) is 9.98. The van der Waals surface area contributed by atoms with Crippen LogP contribution in [0, 0.1) is 5.92 Å². The fourth-order valence-corrected chi connectivity index (χ4v) is 2.08. The summed E-state index contributed by atoms with van der Waals surface area (Å²) in [4.78, 5) is 0. The molecule has 1 saturated carbocycles. The van der Waals surface area contributed by atoms with Crippen molar-refractivity contribution in [2.75, 3.05) is 6.54 Å². The van der Waals surface area contributed by atoms with Gasteiger partial charge in [-0.3, -0.25) is 0 Å². The number of nitrogens with one attached hydrogen (secondary N) is 1. The van der Waals surface area contributed by atoms with Gasteiger partial charge >= 0.3 is 6.61 Å². The molecular weight excluding hydrogens is 240 g/mol. The minimum Gasteiger partial charge on any atom is -0.435 e. The quantitative estimate of drug-likeness (QED) is 0.820. The van der Waals surface area contributed by atoms with Gasteiger partial charge in [0.2, 0.25) is 0 Å². The number of aliphatic hydroxyl groups excluding tert-OH is 1. The van der Waals surface area contributed by atoms with Gasteiger partial charge in [0, 0.05) is 6.54 Å². The van der Waals surface area contributed by atoms with Crippen molar-refractivity contribution >= 4 is 0 Å². The number of rotatable bonds is 6. The van der Waals surface area contributed by atoms with Gasteiger partial charge in [-0.25, -0.2) is 0 Å². The van der Waals surface area contributed by atoms with Crippen LogP contribution in [0.2, 0.25) is 0 Å². The van der Waals surface area contributed by atoms with E-state index in [1.165, 1.54) is 12.1 Å².